The number of likely N-dealkylation sites (tertiary alicyclic amines) is 1. The summed E-state index contributed by atoms with van der Waals surface area (Å²) in [6.07, 6.45) is 5.88. The van der Waals surface area contributed by atoms with E-state index in [-0.39, 0.29) is 0 Å². The Hall–Kier alpha value is -2.67. The van der Waals surface area contributed by atoms with Crippen molar-refractivity contribution in [2.45, 2.75) is 53.0 Å². The van der Waals surface area contributed by atoms with E-state index in [1.54, 1.807) is 0 Å². The summed E-state index contributed by atoms with van der Waals surface area (Å²) in [5.41, 5.74) is 5.88. The lowest BCUT2D eigenvalue weighted by molar-refractivity contribution is 0.201. The molecule has 0 amide bonds. The van der Waals surface area contributed by atoms with Crippen LogP contribution in [0.5, 0.6) is 0 Å². The third-order valence-corrected chi connectivity index (χ3v) is 5.37. The molecule has 0 saturated carbocycles. The minimum atomic E-state index is 0.446. The van der Waals surface area contributed by atoms with Gasteiger partial charge in [0.05, 0.1) is 28.3 Å². The minimum Gasteiger partial charge on any atom is -0.361 e. The van der Waals surface area contributed by atoms with E-state index in [1.807, 2.05) is 40.1 Å². The Morgan fingerprint density at radius 3 is 2.46 bits per heavy atom. The predicted octanol–water partition coefficient (Wildman–Crippen LogP) is 3.53. The van der Waals surface area contributed by atoms with E-state index in [4.69, 9.17) is 9.51 Å². The van der Waals surface area contributed by atoms with Crippen LogP contribution >= 0.6 is 0 Å². The molecule has 3 aromatic heterocycles. The smallest absolute Gasteiger partial charge is 0.143 e. The van der Waals surface area contributed by atoms with Crippen LogP contribution in [0.1, 0.15) is 53.1 Å². The summed E-state index contributed by atoms with van der Waals surface area (Å²) in [5, 5.41) is 4.07. The summed E-state index contributed by atoms with van der Waals surface area (Å²) in [5.74, 6) is 2.04. The summed E-state index contributed by atoms with van der Waals surface area (Å²) >= 11 is 0. The Kier molecular flexibility index (Phi) is 5.17. The molecule has 0 radical (unpaired) electrons. The Morgan fingerprint density at radius 2 is 1.82 bits per heavy atom. The number of aromatic nitrogens is 5. The average molecular weight is 378 g/mol. The molecule has 28 heavy (non-hydrogen) atoms. The monoisotopic (exact) mass is 378 g/mol. The second-order valence-electron chi connectivity index (χ2n) is 7.62. The molecule has 1 aliphatic heterocycles. The van der Waals surface area contributed by atoms with Crippen LogP contribution < -0.4 is 0 Å². The second kappa shape index (κ2) is 7.75. The van der Waals surface area contributed by atoms with Crippen LogP contribution in [0.25, 0.3) is 11.3 Å². The largest absolute Gasteiger partial charge is 0.361 e. The topological polar surface area (TPSA) is 80.8 Å². The number of piperidine rings is 1. The summed E-state index contributed by atoms with van der Waals surface area (Å²) < 4.78 is 5.32. The van der Waals surface area contributed by atoms with Gasteiger partial charge >= 0.3 is 0 Å². The average Bonchev–Trinajstić information content (AvgIpc) is 3.02. The highest BCUT2D eigenvalue weighted by molar-refractivity contribution is 5.64. The third-order valence-electron chi connectivity index (χ3n) is 5.37. The van der Waals surface area contributed by atoms with Gasteiger partial charge in [0.1, 0.15) is 11.6 Å². The van der Waals surface area contributed by atoms with Gasteiger partial charge < -0.3 is 4.52 Å². The molecule has 4 rings (SSSR count). The summed E-state index contributed by atoms with van der Waals surface area (Å²) in [4.78, 5) is 20.6. The van der Waals surface area contributed by atoms with Crippen molar-refractivity contribution in [1.29, 1.82) is 0 Å². The van der Waals surface area contributed by atoms with E-state index in [9.17, 15) is 0 Å². The van der Waals surface area contributed by atoms with E-state index in [1.165, 1.54) is 0 Å². The number of hydrogen-bond acceptors (Lipinski definition) is 7. The zero-order valence-corrected chi connectivity index (χ0v) is 16.9. The van der Waals surface area contributed by atoms with Gasteiger partial charge in [-0.15, -0.1) is 0 Å². The van der Waals surface area contributed by atoms with Crippen molar-refractivity contribution in [3.05, 3.63) is 52.8 Å². The fraction of sp³-hybridized carbons (Fsp3) is 0.476. The maximum Gasteiger partial charge on any atom is 0.143 e. The van der Waals surface area contributed by atoms with Crippen molar-refractivity contribution in [1.82, 2.24) is 30.0 Å². The van der Waals surface area contributed by atoms with Crippen LogP contribution in [0.15, 0.2) is 23.0 Å². The maximum absolute atomic E-state index is 5.32. The number of nitrogens with zero attached hydrogens (tertiary/aromatic N) is 6. The molecule has 0 bridgehead atoms. The van der Waals surface area contributed by atoms with Crippen molar-refractivity contribution in [3.8, 4) is 11.3 Å². The first-order valence-corrected chi connectivity index (χ1v) is 9.78. The highest BCUT2D eigenvalue weighted by Crippen LogP contribution is 2.31. The third kappa shape index (κ3) is 3.94. The predicted molar refractivity (Wildman–Crippen MR) is 106 cm³/mol. The molecule has 7 nitrogen and oxygen atoms in total. The van der Waals surface area contributed by atoms with E-state index in [0.29, 0.717) is 5.92 Å². The lowest BCUT2D eigenvalue weighted by Gasteiger charge is -2.31. The van der Waals surface area contributed by atoms with Gasteiger partial charge in [0.2, 0.25) is 0 Å². The molecule has 1 fully saturated rings. The molecule has 1 aliphatic rings. The molecule has 7 heteroatoms. The van der Waals surface area contributed by atoms with Crippen molar-refractivity contribution in [3.63, 3.8) is 0 Å². The van der Waals surface area contributed by atoms with Gasteiger partial charge in [-0.05, 0) is 59.7 Å². The van der Waals surface area contributed by atoms with Gasteiger partial charge in [0.25, 0.3) is 0 Å². The minimum absolute atomic E-state index is 0.446. The molecule has 0 spiro atoms. The van der Waals surface area contributed by atoms with E-state index in [0.717, 1.165) is 78.1 Å². The zero-order valence-electron chi connectivity index (χ0n) is 16.9. The quantitative estimate of drug-likeness (QED) is 0.687. The number of aryl methyl sites for hydroxylation is 4. The summed E-state index contributed by atoms with van der Waals surface area (Å²) in [6.45, 7) is 10.7. The van der Waals surface area contributed by atoms with E-state index >= 15 is 0 Å². The highest BCUT2D eigenvalue weighted by Gasteiger charge is 2.24. The van der Waals surface area contributed by atoms with Crippen molar-refractivity contribution < 1.29 is 4.52 Å². The summed E-state index contributed by atoms with van der Waals surface area (Å²) in [7, 11) is 0. The Labute approximate surface area is 165 Å². The van der Waals surface area contributed by atoms with Crippen molar-refractivity contribution >= 4 is 0 Å². The van der Waals surface area contributed by atoms with Gasteiger partial charge in [-0.25, -0.2) is 9.97 Å². The SMILES string of the molecule is Cc1cnc(CN2CCC(c3cc(-c4c(C)noc4C)nc(C)n3)CC2)cn1. The first kappa shape index (κ1) is 18.7. The molecular weight excluding hydrogens is 352 g/mol. The molecule has 0 unspecified atom stereocenters. The Balaban J connectivity index is 1.46. The van der Waals surface area contributed by atoms with Crippen molar-refractivity contribution in [2.24, 2.45) is 0 Å². The van der Waals surface area contributed by atoms with Gasteiger partial charge in [-0.2, -0.15) is 0 Å². The number of rotatable bonds is 4. The molecule has 146 valence electrons. The fourth-order valence-electron chi connectivity index (χ4n) is 3.89. The van der Waals surface area contributed by atoms with Crippen LogP contribution in [-0.4, -0.2) is 43.1 Å². The zero-order chi connectivity index (χ0) is 19.7. The maximum atomic E-state index is 5.32. The standard InChI is InChI=1S/C21H26N6O/c1-13-10-23-18(11-22-13)12-27-7-5-17(6-8-27)19-9-20(25-16(4)24-19)21-14(2)26-28-15(21)3/h9-11,17H,5-8,12H2,1-4H3. The first-order valence-electron chi connectivity index (χ1n) is 9.78. The van der Waals surface area contributed by atoms with Crippen molar-refractivity contribution in [2.75, 3.05) is 13.1 Å². The lowest BCUT2D eigenvalue weighted by Crippen LogP contribution is -2.33. The Morgan fingerprint density at radius 1 is 1.04 bits per heavy atom. The molecule has 3 aromatic rings. The number of hydrogen-bond donors (Lipinski definition) is 0. The first-order chi connectivity index (χ1) is 13.5. The molecular formula is C21H26N6O. The van der Waals surface area contributed by atoms with E-state index in [2.05, 4.69) is 31.1 Å². The normalized spacial score (nSPS) is 15.9. The van der Waals surface area contributed by atoms with Gasteiger partial charge in [0, 0.05) is 30.6 Å². The molecule has 0 atom stereocenters. The molecule has 1 saturated heterocycles. The van der Waals surface area contributed by atoms with Gasteiger partial charge in [0.15, 0.2) is 0 Å². The molecule has 0 aliphatic carbocycles. The fourth-order valence-corrected chi connectivity index (χ4v) is 3.89. The Bertz CT molecular complexity index is 938. The van der Waals surface area contributed by atoms with Gasteiger partial charge in [-0.3, -0.25) is 14.9 Å². The molecule has 0 aromatic carbocycles. The highest BCUT2D eigenvalue weighted by atomic mass is 16.5. The van der Waals surface area contributed by atoms with Crippen LogP contribution in [0.4, 0.5) is 0 Å². The van der Waals surface area contributed by atoms with Crippen LogP contribution in [0.3, 0.4) is 0 Å². The molecule has 0 N–H and O–H groups in total. The second-order valence-corrected chi connectivity index (χ2v) is 7.62. The van der Waals surface area contributed by atoms with Gasteiger partial charge in [-0.1, -0.05) is 5.16 Å². The van der Waals surface area contributed by atoms with Crippen LogP contribution in [0.2, 0.25) is 0 Å². The van der Waals surface area contributed by atoms with Crippen LogP contribution in [0, 0.1) is 27.7 Å². The van der Waals surface area contributed by atoms with Crippen LogP contribution in [-0.2, 0) is 6.54 Å². The lowest BCUT2D eigenvalue weighted by atomic mass is 9.92. The molecule has 4 heterocycles. The van der Waals surface area contributed by atoms with E-state index < -0.39 is 0 Å². The summed E-state index contributed by atoms with van der Waals surface area (Å²) in [6, 6.07) is 2.12.